The Morgan fingerprint density at radius 2 is 1.81 bits per heavy atom. The summed E-state index contributed by atoms with van der Waals surface area (Å²) in [5.41, 5.74) is 2.95. The number of hydrogen-bond donors (Lipinski definition) is 1. The molecule has 0 bridgehead atoms. The number of aromatic nitrogens is 1. The fourth-order valence-corrected chi connectivity index (χ4v) is 3.29. The second-order valence-electron chi connectivity index (χ2n) is 6.68. The highest BCUT2D eigenvalue weighted by Gasteiger charge is 2.25. The number of aryl methyl sites for hydroxylation is 2. The van der Waals surface area contributed by atoms with Crippen molar-refractivity contribution in [2.24, 2.45) is 0 Å². The van der Waals surface area contributed by atoms with Crippen molar-refractivity contribution < 1.29 is 9.72 Å². The van der Waals surface area contributed by atoms with Crippen molar-refractivity contribution in [1.29, 1.82) is 0 Å². The van der Waals surface area contributed by atoms with Gasteiger partial charge in [-0.1, -0.05) is 18.2 Å². The van der Waals surface area contributed by atoms with Gasteiger partial charge in [-0.3, -0.25) is 19.8 Å². The van der Waals surface area contributed by atoms with Gasteiger partial charge in [0.05, 0.1) is 11.5 Å². The zero-order valence-electron chi connectivity index (χ0n) is 15.5. The topological polar surface area (TPSA) is 91.6 Å². The quantitative estimate of drug-likeness (QED) is 0.643. The lowest BCUT2D eigenvalue weighted by Crippen LogP contribution is -2.49. The number of nitro groups is 1. The average molecular weight is 369 g/mol. The predicted octanol–water partition coefficient (Wildman–Crippen LogP) is 2.37. The molecule has 1 aliphatic heterocycles. The Hall–Kier alpha value is -3.00. The third kappa shape index (κ3) is 4.40. The Kier molecular flexibility index (Phi) is 5.66. The van der Waals surface area contributed by atoms with Crippen molar-refractivity contribution >= 4 is 23.1 Å². The summed E-state index contributed by atoms with van der Waals surface area (Å²) in [6.07, 6.45) is 1.56. The number of nitrogens with one attached hydrogen (secondary N) is 1. The van der Waals surface area contributed by atoms with Gasteiger partial charge in [0.25, 0.3) is 0 Å². The SMILES string of the molecule is Cc1cccc(C)c1NC(=O)CN1CCN(c2ncccc2[N+](=O)[O-])CC1. The molecule has 142 valence electrons. The van der Waals surface area contributed by atoms with Crippen molar-refractivity contribution in [3.8, 4) is 0 Å². The van der Waals surface area contributed by atoms with Crippen molar-refractivity contribution in [3.05, 3.63) is 57.8 Å². The third-order valence-corrected chi connectivity index (χ3v) is 4.75. The first-order valence-corrected chi connectivity index (χ1v) is 8.88. The van der Waals surface area contributed by atoms with Crippen LogP contribution >= 0.6 is 0 Å². The van der Waals surface area contributed by atoms with E-state index in [1.165, 1.54) is 6.07 Å². The molecule has 0 unspecified atom stereocenters. The minimum absolute atomic E-state index is 0.0127. The van der Waals surface area contributed by atoms with E-state index in [2.05, 4.69) is 10.3 Å². The Bertz CT molecular complexity index is 827. The molecule has 27 heavy (non-hydrogen) atoms. The summed E-state index contributed by atoms with van der Waals surface area (Å²) in [6, 6.07) is 8.95. The maximum Gasteiger partial charge on any atom is 0.311 e. The van der Waals surface area contributed by atoms with Crippen LogP contribution in [0.15, 0.2) is 36.5 Å². The van der Waals surface area contributed by atoms with Gasteiger partial charge < -0.3 is 10.2 Å². The van der Waals surface area contributed by atoms with Gasteiger partial charge in [-0.25, -0.2) is 4.98 Å². The van der Waals surface area contributed by atoms with E-state index < -0.39 is 4.92 Å². The first-order valence-electron chi connectivity index (χ1n) is 8.88. The van der Waals surface area contributed by atoms with E-state index in [0.717, 1.165) is 16.8 Å². The number of amides is 1. The van der Waals surface area contributed by atoms with Crippen LogP contribution in [0.1, 0.15) is 11.1 Å². The molecule has 0 saturated carbocycles. The molecule has 1 N–H and O–H groups in total. The van der Waals surface area contributed by atoms with E-state index in [1.54, 1.807) is 12.3 Å². The van der Waals surface area contributed by atoms with Crippen molar-refractivity contribution in [2.45, 2.75) is 13.8 Å². The van der Waals surface area contributed by atoms with Crippen molar-refractivity contribution in [3.63, 3.8) is 0 Å². The van der Waals surface area contributed by atoms with Crippen LogP contribution in [0.2, 0.25) is 0 Å². The largest absolute Gasteiger partial charge is 0.348 e. The Labute approximate surface area is 158 Å². The maximum atomic E-state index is 12.4. The molecular weight excluding hydrogens is 346 g/mol. The predicted molar refractivity (Wildman–Crippen MR) is 104 cm³/mol. The Morgan fingerprint density at radius 1 is 1.15 bits per heavy atom. The van der Waals surface area contributed by atoms with Gasteiger partial charge in [0.1, 0.15) is 0 Å². The minimum Gasteiger partial charge on any atom is -0.348 e. The van der Waals surface area contributed by atoms with E-state index in [1.807, 2.05) is 41.8 Å². The normalized spacial score (nSPS) is 14.8. The number of carbonyl (C=O) groups excluding carboxylic acids is 1. The smallest absolute Gasteiger partial charge is 0.311 e. The van der Waals surface area contributed by atoms with Gasteiger partial charge in [-0.2, -0.15) is 0 Å². The van der Waals surface area contributed by atoms with Gasteiger partial charge in [0.15, 0.2) is 0 Å². The summed E-state index contributed by atoms with van der Waals surface area (Å²) in [6.45, 7) is 6.72. The monoisotopic (exact) mass is 369 g/mol. The van der Waals surface area contributed by atoms with Crippen LogP contribution < -0.4 is 10.2 Å². The molecule has 2 heterocycles. The standard InChI is InChI=1S/C19H23N5O3/c1-14-5-3-6-15(2)18(14)21-17(25)13-22-9-11-23(12-10-22)19-16(24(26)27)7-4-8-20-19/h3-8H,9-13H2,1-2H3,(H,21,25). The lowest BCUT2D eigenvalue weighted by molar-refractivity contribution is -0.384. The van der Waals surface area contributed by atoms with Crippen LogP contribution in [0.5, 0.6) is 0 Å². The number of para-hydroxylation sites is 1. The zero-order valence-corrected chi connectivity index (χ0v) is 15.5. The van der Waals surface area contributed by atoms with Crippen LogP contribution in [0.3, 0.4) is 0 Å². The fourth-order valence-electron chi connectivity index (χ4n) is 3.29. The number of piperazine rings is 1. The summed E-state index contributed by atoms with van der Waals surface area (Å²) in [4.78, 5) is 31.3. The number of rotatable bonds is 5. The van der Waals surface area contributed by atoms with Gasteiger partial charge in [-0.05, 0) is 31.0 Å². The van der Waals surface area contributed by atoms with E-state index in [9.17, 15) is 14.9 Å². The van der Waals surface area contributed by atoms with Gasteiger partial charge in [0.2, 0.25) is 11.7 Å². The summed E-state index contributed by atoms with van der Waals surface area (Å²) in [5, 5.41) is 14.2. The van der Waals surface area contributed by atoms with E-state index >= 15 is 0 Å². The minimum atomic E-state index is -0.410. The highest BCUT2D eigenvalue weighted by atomic mass is 16.6. The molecule has 2 aromatic rings. The lowest BCUT2D eigenvalue weighted by Gasteiger charge is -2.34. The van der Waals surface area contributed by atoms with Crippen LogP contribution in [-0.2, 0) is 4.79 Å². The molecular formula is C19H23N5O3. The molecule has 1 aromatic carbocycles. The highest BCUT2D eigenvalue weighted by Crippen LogP contribution is 2.25. The average Bonchev–Trinajstić information content (AvgIpc) is 2.65. The molecule has 0 aliphatic carbocycles. The number of carbonyl (C=O) groups is 1. The van der Waals surface area contributed by atoms with E-state index in [4.69, 9.17) is 0 Å². The molecule has 1 fully saturated rings. The number of anilines is 2. The first-order chi connectivity index (χ1) is 13.0. The molecule has 1 aliphatic rings. The molecule has 8 nitrogen and oxygen atoms in total. The van der Waals surface area contributed by atoms with Gasteiger partial charge in [0, 0.05) is 44.1 Å². The van der Waals surface area contributed by atoms with Gasteiger partial charge in [-0.15, -0.1) is 0 Å². The first kappa shape index (κ1) is 18.8. The fraction of sp³-hybridized carbons (Fsp3) is 0.368. The van der Waals surface area contributed by atoms with Crippen molar-refractivity contribution in [2.75, 3.05) is 42.9 Å². The lowest BCUT2D eigenvalue weighted by atomic mass is 10.1. The Morgan fingerprint density at radius 3 is 2.44 bits per heavy atom. The Balaban J connectivity index is 1.57. The second kappa shape index (κ2) is 8.13. The summed E-state index contributed by atoms with van der Waals surface area (Å²) >= 11 is 0. The van der Waals surface area contributed by atoms with Crippen LogP contribution in [0.25, 0.3) is 0 Å². The molecule has 1 saturated heterocycles. The molecule has 0 spiro atoms. The van der Waals surface area contributed by atoms with Crippen LogP contribution in [0, 0.1) is 24.0 Å². The highest BCUT2D eigenvalue weighted by molar-refractivity contribution is 5.93. The van der Waals surface area contributed by atoms with E-state index in [-0.39, 0.29) is 11.6 Å². The summed E-state index contributed by atoms with van der Waals surface area (Å²) < 4.78 is 0. The maximum absolute atomic E-state index is 12.4. The molecule has 3 rings (SSSR count). The third-order valence-electron chi connectivity index (χ3n) is 4.75. The van der Waals surface area contributed by atoms with Gasteiger partial charge >= 0.3 is 5.69 Å². The zero-order chi connectivity index (χ0) is 19.4. The van der Waals surface area contributed by atoms with Crippen molar-refractivity contribution in [1.82, 2.24) is 9.88 Å². The summed E-state index contributed by atoms with van der Waals surface area (Å²) in [5.74, 6) is 0.340. The number of pyridine rings is 1. The second-order valence-corrected chi connectivity index (χ2v) is 6.68. The number of nitrogens with zero attached hydrogens (tertiary/aromatic N) is 4. The van der Waals surface area contributed by atoms with Crippen LogP contribution in [0.4, 0.5) is 17.2 Å². The molecule has 0 atom stereocenters. The number of hydrogen-bond acceptors (Lipinski definition) is 6. The molecule has 1 aromatic heterocycles. The molecule has 0 radical (unpaired) electrons. The van der Waals surface area contributed by atoms with E-state index in [0.29, 0.717) is 38.5 Å². The van der Waals surface area contributed by atoms with Crippen LogP contribution in [-0.4, -0.2) is 53.4 Å². The number of benzene rings is 1. The summed E-state index contributed by atoms with van der Waals surface area (Å²) in [7, 11) is 0. The molecule has 1 amide bonds. The molecule has 8 heteroatoms.